The molecular weight excluding hydrogens is 150 g/mol. The van der Waals surface area contributed by atoms with Crippen LogP contribution in [-0.4, -0.2) is 11.7 Å². The second-order valence-electron chi connectivity index (χ2n) is 2.52. The molecule has 3 N–H and O–H groups in total. The third-order valence-corrected chi connectivity index (χ3v) is 1.33. The summed E-state index contributed by atoms with van der Waals surface area (Å²) in [6.07, 6.45) is 0. The van der Waals surface area contributed by atoms with Gasteiger partial charge in [0.05, 0.1) is 0 Å². The average molecular weight is 167 g/mol. The Hall–Kier alpha value is -0.860. The molecule has 0 heterocycles. The first-order chi connectivity index (χ1) is 5.72. The maximum atomic E-state index is 7.57. The van der Waals surface area contributed by atoms with Crippen LogP contribution in [0.15, 0.2) is 30.3 Å². The molecule has 0 aliphatic rings. The van der Waals surface area contributed by atoms with Gasteiger partial charge >= 0.3 is 0 Å². The predicted octanol–water partition coefficient (Wildman–Crippen LogP) is 1.70. The van der Waals surface area contributed by atoms with Crippen molar-refractivity contribution >= 4 is 0 Å². The first-order valence-electron chi connectivity index (χ1n) is 4.13. The molecule has 68 valence electrons. The van der Waals surface area contributed by atoms with Crippen molar-refractivity contribution in [1.29, 1.82) is 0 Å². The summed E-state index contributed by atoms with van der Waals surface area (Å²) in [5.41, 5.74) is 6.81. The van der Waals surface area contributed by atoms with E-state index >= 15 is 0 Å². The van der Waals surface area contributed by atoms with Crippen molar-refractivity contribution in [3.05, 3.63) is 35.9 Å². The van der Waals surface area contributed by atoms with Crippen LogP contribution in [-0.2, 0) is 0 Å². The van der Waals surface area contributed by atoms with Crippen molar-refractivity contribution < 1.29 is 5.11 Å². The lowest BCUT2D eigenvalue weighted by molar-refractivity contribution is 0.318. The SMILES string of the molecule is CC(N)c1ccccc1.CCO. The van der Waals surface area contributed by atoms with Crippen molar-refractivity contribution in [1.82, 2.24) is 0 Å². The van der Waals surface area contributed by atoms with Gasteiger partial charge < -0.3 is 10.8 Å². The molecule has 2 heteroatoms. The second kappa shape index (κ2) is 6.83. The number of aliphatic hydroxyl groups is 1. The van der Waals surface area contributed by atoms with Gasteiger partial charge in [0.1, 0.15) is 0 Å². The number of rotatable bonds is 1. The number of hydrogen-bond acceptors (Lipinski definition) is 2. The van der Waals surface area contributed by atoms with E-state index in [9.17, 15) is 0 Å². The summed E-state index contributed by atoms with van der Waals surface area (Å²) in [5.74, 6) is 0. The highest BCUT2D eigenvalue weighted by molar-refractivity contribution is 5.17. The van der Waals surface area contributed by atoms with Gasteiger partial charge in [-0.1, -0.05) is 30.3 Å². The molecule has 1 rings (SSSR count). The van der Waals surface area contributed by atoms with Crippen molar-refractivity contribution in [3.8, 4) is 0 Å². The third-order valence-electron chi connectivity index (χ3n) is 1.33. The Balaban J connectivity index is 0.000000354. The zero-order valence-corrected chi connectivity index (χ0v) is 7.70. The van der Waals surface area contributed by atoms with E-state index in [0.29, 0.717) is 0 Å². The smallest absolute Gasteiger partial charge is 0.0402 e. The van der Waals surface area contributed by atoms with E-state index < -0.39 is 0 Å². The third kappa shape index (κ3) is 4.88. The van der Waals surface area contributed by atoms with E-state index in [1.807, 2.05) is 37.3 Å². The lowest BCUT2D eigenvalue weighted by Crippen LogP contribution is -2.03. The standard InChI is InChI=1S/C8H11N.C2H6O/c1-7(9)8-5-3-2-4-6-8;1-2-3/h2-7H,9H2,1H3;3H,2H2,1H3. The largest absolute Gasteiger partial charge is 0.397 e. The highest BCUT2D eigenvalue weighted by atomic mass is 16.2. The first kappa shape index (κ1) is 11.1. The van der Waals surface area contributed by atoms with Crippen molar-refractivity contribution in [2.75, 3.05) is 6.61 Å². The molecule has 0 saturated heterocycles. The van der Waals surface area contributed by atoms with Crippen LogP contribution in [0.4, 0.5) is 0 Å². The molecule has 1 aromatic carbocycles. The Bertz CT molecular complexity index is 184. The van der Waals surface area contributed by atoms with Crippen LogP contribution in [0.5, 0.6) is 0 Å². The van der Waals surface area contributed by atoms with Crippen molar-refractivity contribution in [2.45, 2.75) is 19.9 Å². The Morgan fingerprint density at radius 2 is 1.75 bits per heavy atom. The highest BCUT2D eigenvalue weighted by Gasteiger charge is 1.93. The number of nitrogens with two attached hydrogens (primary N) is 1. The van der Waals surface area contributed by atoms with Gasteiger partial charge in [-0.3, -0.25) is 0 Å². The van der Waals surface area contributed by atoms with Gasteiger partial charge in [0, 0.05) is 12.6 Å². The molecule has 0 fully saturated rings. The van der Waals surface area contributed by atoms with Gasteiger partial charge in [0.15, 0.2) is 0 Å². The molecule has 0 aliphatic heterocycles. The normalized spacial score (nSPS) is 11.3. The van der Waals surface area contributed by atoms with Gasteiger partial charge in [-0.25, -0.2) is 0 Å². The maximum absolute atomic E-state index is 7.57. The summed E-state index contributed by atoms with van der Waals surface area (Å²) in [5, 5.41) is 7.57. The van der Waals surface area contributed by atoms with E-state index in [4.69, 9.17) is 10.8 Å². The number of benzene rings is 1. The summed E-state index contributed by atoms with van der Waals surface area (Å²) in [7, 11) is 0. The fraction of sp³-hybridized carbons (Fsp3) is 0.400. The molecule has 1 aromatic rings. The molecule has 1 unspecified atom stereocenters. The Labute approximate surface area is 74.0 Å². The van der Waals surface area contributed by atoms with E-state index in [2.05, 4.69) is 0 Å². The highest BCUT2D eigenvalue weighted by Crippen LogP contribution is 2.06. The van der Waals surface area contributed by atoms with Gasteiger partial charge in [-0.05, 0) is 19.4 Å². The quantitative estimate of drug-likeness (QED) is 0.668. The van der Waals surface area contributed by atoms with Crippen LogP contribution >= 0.6 is 0 Å². The monoisotopic (exact) mass is 167 g/mol. The molecule has 0 saturated carbocycles. The lowest BCUT2D eigenvalue weighted by atomic mass is 10.1. The summed E-state index contributed by atoms with van der Waals surface area (Å²) in [6.45, 7) is 3.91. The summed E-state index contributed by atoms with van der Waals surface area (Å²) >= 11 is 0. The van der Waals surface area contributed by atoms with Gasteiger partial charge in [-0.15, -0.1) is 0 Å². The molecule has 0 radical (unpaired) electrons. The molecule has 2 nitrogen and oxygen atoms in total. The van der Waals surface area contributed by atoms with Crippen LogP contribution in [0.25, 0.3) is 0 Å². The molecule has 0 aromatic heterocycles. The summed E-state index contributed by atoms with van der Waals surface area (Å²) in [6, 6.07) is 10.2. The van der Waals surface area contributed by atoms with Crippen LogP contribution in [0.2, 0.25) is 0 Å². The molecule has 0 amide bonds. The minimum Gasteiger partial charge on any atom is -0.397 e. The lowest BCUT2D eigenvalue weighted by Gasteiger charge is -2.02. The predicted molar refractivity (Wildman–Crippen MR) is 51.8 cm³/mol. The van der Waals surface area contributed by atoms with Gasteiger partial charge in [-0.2, -0.15) is 0 Å². The molecule has 0 aliphatic carbocycles. The molecule has 0 spiro atoms. The Morgan fingerprint density at radius 1 is 1.33 bits per heavy atom. The summed E-state index contributed by atoms with van der Waals surface area (Å²) < 4.78 is 0. The second-order valence-corrected chi connectivity index (χ2v) is 2.52. The number of aliphatic hydroxyl groups excluding tert-OH is 1. The maximum Gasteiger partial charge on any atom is 0.0402 e. The van der Waals surface area contributed by atoms with E-state index in [0.717, 1.165) is 0 Å². The van der Waals surface area contributed by atoms with Gasteiger partial charge in [0.2, 0.25) is 0 Å². The first-order valence-corrected chi connectivity index (χ1v) is 4.13. The topological polar surface area (TPSA) is 46.2 Å². The van der Waals surface area contributed by atoms with E-state index in [1.165, 1.54) is 5.56 Å². The summed E-state index contributed by atoms with van der Waals surface area (Å²) in [4.78, 5) is 0. The fourth-order valence-corrected chi connectivity index (χ4v) is 0.757. The van der Waals surface area contributed by atoms with Crippen LogP contribution in [0, 0.1) is 0 Å². The minimum atomic E-state index is 0.159. The molecular formula is C10H17NO. The van der Waals surface area contributed by atoms with Crippen LogP contribution in [0.3, 0.4) is 0 Å². The average Bonchev–Trinajstić information content (AvgIpc) is 2.07. The zero-order valence-electron chi connectivity index (χ0n) is 7.70. The zero-order chi connectivity index (χ0) is 9.40. The minimum absolute atomic E-state index is 0.159. The number of hydrogen-bond donors (Lipinski definition) is 2. The Kier molecular flexibility index (Phi) is 6.34. The van der Waals surface area contributed by atoms with Crippen molar-refractivity contribution in [2.24, 2.45) is 5.73 Å². The van der Waals surface area contributed by atoms with Gasteiger partial charge in [0.25, 0.3) is 0 Å². The van der Waals surface area contributed by atoms with Crippen molar-refractivity contribution in [3.63, 3.8) is 0 Å². The van der Waals surface area contributed by atoms with Crippen LogP contribution in [0.1, 0.15) is 25.5 Å². The fourth-order valence-electron chi connectivity index (χ4n) is 0.757. The molecule has 1 atom stereocenters. The van der Waals surface area contributed by atoms with Crippen LogP contribution < -0.4 is 5.73 Å². The Morgan fingerprint density at radius 3 is 2.00 bits per heavy atom. The van der Waals surface area contributed by atoms with E-state index in [-0.39, 0.29) is 12.6 Å². The molecule has 12 heavy (non-hydrogen) atoms. The molecule has 0 bridgehead atoms. The van der Waals surface area contributed by atoms with E-state index in [1.54, 1.807) is 6.92 Å².